The Kier molecular flexibility index (Phi) is 4.78. The first-order valence-corrected chi connectivity index (χ1v) is 11.8. The third kappa shape index (κ3) is 3.88. The van der Waals surface area contributed by atoms with E-state index in [0.29, 0.717) is 39.6 Å². The number of H-pyrrole nitrogens is 2. The standard InChI is InChI=1S/C27H19FN8O/c28-17-3-1-2-15(8-17)19-6-7-30-25-23(19)33-26(34-25)24-20-10-21(31-13-22(20)35-36-24)16-9-18(12-29-11-16)32-27(37)14-4-5-14/h1-3,6-14H,4-5H2,(H,32,37)(H,35,36)(H,30,33,34). The summed E-state index contributed by atoms with van der Waals surface area (Å²) in [5, 5.41) is 11.2. The zero-order valence-corrected chi connectivity index (χ0v) is 19.4. The number of halogens is 1. The van der Waals surface area contributed by atoms with Crippen LogP contribution in [0.5, 0.6) is 0 Å². The van der Waals surface area contributed by atoms with E-state index < -0.39 is 0 Å². The maximum atomic E-state index is 13.9. The molecule has 9 nitrogen and oxygen atoms in total. The molecule has 1 aliphatic rings. The van der Waals surface area contributed by atoms with Crippen molar-refractivity contribution in [1.29, 1.82) is 0 Å². The Bertz CT molecular complexity index is 1820. The number of hydrogen-bond acceptors (Lipinski definition) is 6. The van der Waals surface area contributed by atoms with Gasteiger partial charge in [-0.25, -0.2) is 14.4 Å². The molecular weight excluding hydrogens is 471 g/mol. The summed E-state index contributed by atoms with van der Waals surface area (Å²) in [6.45, 7) is 0. The van der Waals surface area contributed by atoms with E-state index in [1.807, 2.05) is 24.3 Å². The molecule has 0 unspecified atom stereocenters. The summed E-state index contributed by atoms with van der Waals surface area (Å²) in [5.74, 6) is 0.336. The number of nitrogens with zero attached hydrogens (tertiary/aromatic N) is 5. The van der Waals surface area contributed by atoms with E-state index in [4.69, 9.17) is 4.98 Å². The van der Waals surface area contributed by atoms with Crippen molar-refractivity contribution in [2.24, 2.45) is 5.92 Å². The third-order valence-corrected chi connectivity index (χ3v) is 6.44. The van der Waals surface area contributed by atoms with Crippen molar-refractivity contribution in [2.45, 2.75) is 12.8 Å². The maximum absolute atomic E-state index is 13.9. The zero-order chi connectivity index (χ0) is 24.9. The summed E-state index contributed by atoms with van der Waals surface area (Å²) < 4.78 is 13.9. The van der Waals surface area contributed by atoms with Crippen LogP contribution >= 0.6 is 0 Å². The average Bonchev–Trinajstić information content (AvgIpc) is 3.55. The lowest BCUT2D eigenvalue weighted by atomic mass is 10.1. The first kappa shape index (κ1) is 21.3. The Hall–Kier alpha value is -4.99. The number of carbonyl (C=O) groups excluding carboxylic acids is 1. The van der Waals surface area contributed by atoms with Gasteiger partial charge in [-0.15, -0.1) is 0 Å². The molecule has 7 rings (SSSR count). The number of hydrogen-bond donors (Lipinski definition) is 3. The highest BCUT2D eigenvalue weighted by Gasteiger charge is 2.29. The summed E-state index contributed by atoms with van der Waals surface area (Å²) in [6.07, 6.45) is 8.57. The molecular formula is C27H19FN8O. The van der Waals surface area contributed by atoms with E-state index in [0.717, 1.165) is 34.9 Å². The molecule has 1 saturated carbocycles. The van der Waals surface area contributed by atoms with Crippen molar-refractivity contribution in [1.82, 2.24) is 35.1 Å². The highest BCUT2D eigenvalue weighted by molar-refractivity contribution is 5.97. The number of anilines is 1. The van der Waals surface area contributed by atoms with Gasteiger partial charge in [-0.05, 0) is 48.7 Å². The molecule has 5 heterocycles. The van der Waals surface area contributed by atoms with Crippen LogP contribution in [-0.4, -0.2) is 41.0 Å². The molecule has 0 aliphatic heterocycles. The van der Waals surface area contributed by atoms with Gasteiger partial charge in [-0.3, -0.25) is 19.9 Å². The summed E-state index contributed by atoms with van der Waals surface area (Å²) in [6, 6.07) is 12.0. The van der Waals surface area contributed by atoms with Crippen molar-refractivity contribution in [2.75, 3.05) is 5.32 Å². The van der Waals surface area contributed by atoms with Gasteiger partial charge in [-0.1, -0.05) is 12.1 Å². The molecule has 0 radical (unpaired) electrons. The molecule has 3 N–H and O–H groups in total. The minimum Gasteiger partial charge on any atom is -0.324 e. The highest BCUT2D eigenvalue weighted by Crippen LogP contribution is 2.33. The summed E-state index contributed by atoms with van der Waals surface area (Å²) in [4.78, 5) is 33.4. The monoisotopic (exact) mass is 490 g/mol. The van der Waals surface area contributed by atoms with Gasteiger partial charge in [0, 0.05) is 34.8 Å². The summed E-state index contributed by atoms with van der Waals surface area (Å²) in [7, 11) is 0. The topological polar surface area (TPSA) is 125 Å². The molecule has 0 bridgehead atoms. The normalized spacial score (nSPS) is 13.3. The van der Waals surface area contributed by atoms with E-state index in [2.05, 4.69) is 35.5 Å². The van der Waals surface area contributed by atoms with Crippen molar-refractivity contribution < 1.29 is 9.18 Å². The van der Waals surface area contributed by atoms with E-state index in [1.165, 1.54) is 12.1 Å². The van der Waals surface area contributed by atoms with Crippen molar-refractivity contribution in [3.63, 3.8) is 0 Å². The molecule has 10 heteroatoms. The molecule has 6 aromatic rings. The minimum atomic E-state index is -0.317. The molecule has 1 amide bonds. The molecule has 1 fully saturated rings. The molecule has 0 spiro atoms. The second kappa shape index (κ2) is 8.30. The highest BCUT2D eigenvalue weighted by atomic mass is 19.1. The quantitative estimate of drug-likeness (QED) is 0.308. The smallest absolute Gasteiger partial charge is 0.227 e. The number of nitrogens with one attached hydrogen (secondary N) is 3. The van der Waals surface area contributed by atoms with Crippen LogP contribution < -0.4 is 5.32 Å². The number of amides is 1. The Labute approximate surface area is 209 Å². The van der Waals surface area contributed by atoms with Gasteiger partial charge < -0.3 is 10.3 Å². The van der Waals surface area contributed by atoms with Crippen molar-refractivity contribution in [3.05, 3.63) is 73.1 Å². The van der Waals surface area contributed by atoms with Crippen LogP contribution in [0.15, 0.2) is 67.3 Å². The molecule has 5 aromatic heterocycles. The van der Waals surface area contributed by atoms with Gasteiger partial charge in [0.1, 0.15) is 17.0 Å². The summed E-state index contributed by atoms with van der Waals surface area (Å²) >= 11 is 0. The number of imidazole rings is 1. The maximum Gasteiger partial charge on any atom is 0.227 e. The van der Waals surface area contributed by atoms with E-state index in [1.54, 1.807) is 30.9 Å². The molecule has 1 aromatic carbocycles. The molecule has 180 valence electrons. The minimum absolute atomic E-state index is 0.0237. The lowest BCUT2D eigenvalue weighted by molar-refractivity contribution is -0.117. The van der Waals surface area contributed by atoms with Gasteiger partial charge in [0.05, 0.1) is 29.3 Å². The van der Waals surface area contributed by atoms with Crippen LogP contribution in [0, 0.1) is 11.7 Å². The molecule has 0 saturated heterocycles. The molecule has 1 aliphatic carbocycles. The number of pyridine rings is 3. The largest absolute Gasteiger partial charge is 0.324 e. The average molecular weight is 491 g/mol. The first-order chi connectivity index (χ1) is 18.1. The Morgan fingerprint density at radius 1 is 1.03 bits per heavy atom. The van der Waals surface area contributed by atoms with Gasteiger partial charge in [0.15, 0.2) is 11.5 Å². The van der Waals surface area contributed by atoms with Crippen molar-refractivity contribution >= 4 is 33.7 Å². The van der Waals surface area contributed by atoms with Crippen LogP contribution in [0.3, 0.4) is 0 Å². The van der Waals surface area contributed by atoms with E-state index >= 15 is 0 Å². The lowest BCUT2D eigenvalue weighted by Gasteiger charge is -2.06. The second-order valence-corrected chi connectivity index (χ2v) is 9.06. The number of rotatable bonds is 5. The SMILES string of the molecule is O=C(Nc1cncc(-c2cc3c(-c4nc5c(-c6cccc(F)c6)ccnc5[nH]4)n[nH]c3cn2)c1)C1CC1. The fourth-order valence-electron chi connectivity index (χ4n) is 4.40. The van der Waals surface area contributed by atoms with Gasteiger partial charge in [0.25, 0.3) is 0 Å². The second-order valence-electron chi connectivity index (χ2n) is 9.06. The van der Waals surface area contributed by atoms with Crippen LogP contribution in [-0.2, 0) is 4.79 Å². The number of fused-ring (bicyclic) bond motifs is 2. The molecule has 0 atom stereocenters. The van der Waals surface area contributed by atoms with Gasteiger partial charge >= 0.3 is 0 Å². The van der Waals surface area contributed by atoms with E-state index in [-0.39, 0.29) is 17.6 Å². The third-order valence-electron chi connectivity index (χ3n) is 6.44. The Morgan fingerprint density at radius 3 is 2.81 bits per heavy atom. The van der Waals surface area contributed by atoms with Crippen molar-refractivity contribution in [3.8, 4) is 33.9 Å². The van der Waals surface area contributed by atoms with Crippen LogP contribution in [0.2, 0.25) is 0 Å². The first-order valence-electron chi connectivity index (χ1n) is 11.8. The number of benzene rings is 1. The van der Waals surface area contributed by atoms with Crippen LogP contribution in [0.1, 0.15) is 12.8 Å². The Balaban J connectivity index is 1.28. The number of carbonyl (C=O) groups is 1. The Morgan fingerprint density at radius 2 is 1.95 bits per heavy atom. The zero-order valence-electron chi connectivity index (χ0n) is 19.4. The number of aromatic amines is 2. The van der Waals surface area contributed by atoms with Crippen LogP contribution in [0.25, 0.3) is 56.0 Å². The predicted octanol–water partition coefficient (Wildman–Crippen LogP) is 5.11. The fraction of sp³-hybridized carbons (Fsp3) is 0.111. The van der Waals surface area contributed by atoms with Gasteiger partial charge in [-0.2, -0.15) is 5.10 Å². The number of aromatic nitrogens is 7. The van der Waals surface area contributed by atoms with E-state index in [9.17, 15) is 9.18 Å². The van der Waals surface area contributed by atoms with Gasteiger partial charge in [0.2, 0.25) is 5.91 Å². The predicted molar refractivity (Wildman–Crippen MR) is 137 cm³/mol. The van der Waals surface area contributed by atoms with Crippen LogP contribution in [0.4, 0.5) is 10.1 Å². The lowest BCUT2D eigenvalue weighted by Crippen LogP contribution is -2.13. The molecule has 37 heavy (non-hydrogen) atoms. The summed E-state index contributed by atoms with van der Waals surface area (Å²) in [5.41, 5.74) is 6.11. The fourth-order valence-corrected chi connectivity index (χ4v) is 4.40.